The number of hydrogen-bond acceptors (Lipinski definition) is 3. The Morgan fingerprint density at radius 3 is 3.00 bits per heavy atom. The van der Waals surface area contributed by atoms with Gasteiger partial charge in [0.15, 0.2) is 5.75 Å². The second-order valence-electron chi connectivity index (χ2n) is 2.58. The number of oxime groups is 1. The highest BCUT2D eigenvalue weighted by Crippen LogP contribution is 2.22. The van der Waals surface area contributed by atoms with Gasteiger partial charge in [-0.05, 0) is 12.1 Å². The van der Waals surface area contributed by atoms with E-state index in [0.29, 0.717) is 11.3 Å². The number of nitrogens with zero attached hydrogens (tertiary/aromatic N) is 2. The van der Waals surface area contributed by atoms with E-state index in [1.807, 2.05) is 30.3 Å². The Bertz CT molecular complexity index is 427. The lowest BCUT2D eigenvalue weighted by molar-refractivity contribution is 0.344. The Morgan fingerprint density at radius 2 is 2.15 bits per heavy atom. The molecule has 1 aliphatic rings. The van der Waals surface area contributed by atoms with E-state index in [-0.39, 0.29) is 0 Å². The monoisotopic (exact) mass is 170 g/mol. The van der Waals surface area contributed by atoms with Gasteiger partial charge in [0.05, 0.1) is 11.8 Å². The first-order valence-electron chi connectivity index (χ1n) is 3.81. The van der Waals surface area contributed by atoms with Gasteiger partial charge in [0.1, 0.15) is 6.07 Å². The second-order valence-corrected chi connectivity index (χ2v) is 2.58. The molecule has 0 atom stereocenters. The van der Waals surface area contributed by atoms with Crippen LogP contribution in [0.2, 0.25) is 0 Å². The van der Waals surface area contributed by atoms with Crippen LogP contribution in [0.15, 0.2) is 35.0 Å². The molecular formula is C10H6N2O. The van der Waals surface area contributed by atoms with Crippen LogP contribution in [0.1, 0.15) is 5.56 Å². The van der Waals surface area contributed by atoms with Crippen molar-refractivity contribution in [3.05, 3.63) is 35.4 Å². The molecule has 0 spiro atoms. The smallest absolute Gasteiger partial charge is 0.165 e. The summed E-state index contributed by atoms with van der Waals surface area (Å²) in [7, 11) is 0. The Hall–Kier alpha value is -2.08. The number of allylic oxidation sites excluding steroid dienone is 1. The first kappa shape index (κ1) is 7.56. The van der Waals surface area contributed by atoms with Gasteiger partial charge >= 0.3 is 0 Å². The van der Waals surface area contributed by atoms with E-state index >= 15 is 0 Å². The number of nitriles is 1. The van der Waals surface area contributed by atoms with Gasteiger partial charge in [0, 0.05) is 5.56 Å². The van der Waals surface area contributed by atoms with Crippen molar-refractivity contribution in [3.63, 3.8) is 0 Å². The molecule has 0 bridgehead atoms. The maximum atomic E-state index is 8.68. The van der Waals surface area contributed by atoms with Crippen molar-refractivity contribution in [3.8, 4) is 11.8 Å². The van der Waals surface area contributed by atoms with Crippen molar-refractivity contribution in [2.75, 3.05) is 0 Å². The molecule has 0 aromatic heterocycles. The van der Waals surface area contributed by atoms with E-state index in [1.54, 1.807) is 6.08 Å². The molecule has 0 aliphatic carbocycles. The Kier molecular flexibility index (Phi) is 1.81. The van der Waals surface area contributed by atoms with Gasteiger partial charge in [-0.3, -0.25) is 0 Å². The van der Waals surface area contributed by atoms with E-state index in [4.69, 9.17) is 10.1 Å². The summed E-state index contributed by atoms with van der Waals surface area (Å²) in [5, 5.41) is 12.3. The van der Waals surface area contributed by atoms with Crippen molar-refractivity contribution in [1.82, 2.24) is 0 Å². The molecule has 0 fully saturated rings. The van der Waals surface area contributed by atoms with E-state index in [2.05, 4.69) is 5.16 Å². The average Bonchev–Trinajstić information content (AvgIpc) is 2.38. The summed E-state index contributed by atoms with van der Waals surface area (Å²) < 4.78 is 0. The van der Waals surface area contributed by atoms with Crippen LogP contribution in [-0.4, -0.2) is 6.21 Å². The zero-order valence-electron chi connectivity index (χ0n) is 6.77. The first-order valence-corrected chi connectivity index (χ1v) is 3.81. The van der Waals surface area contributed by atoms with Crippen LogP contribution in [0.5, 0.6) is 5.75 Å². The van der Waals surface area contributed by atoms with Crippen molar-refractivity contribution < 1.29 is 4.84 Å². The third-order valence-corrected chi connectivity index (χ3v) is 1.70. The summed E-state index contributed by atoms with van der Waals surface area (Å²) in [6.07, 6.45) is 3.14. The van der Waals surface area contributed by atoms with E-state index < -0.39 is 0 Å². The minimum Gasteiger partial charge on any atom is -0.356 e. The van der Waals surface area contributed by atoms with Crippen molar-refractivity contribution in [1.29, 1.82) is 5.26 Å². The lowest BCUT2D eigenvalue weighted by atomic mass is 10.1. The van der Waals surface area contributed by atoms with Gasteiger partial charge in [-0.25, -0.2) is 0 Å². The maximum absolute atomic E-state index is 8.68. The first-order chi connectivity index (χ1) is 6.40. The molecule has 62 valence electrons. The fourth-order valence-electron chi connectivity index (χ4n) is 1.09. The van der Waals surface area contributed by atoms with E-state index in [9.17, 15) is 0 Å². The normalized spacial score (nSPS) is 13.3. The number of hydrogen-bond donors (Lipinski definition) is 0. The Labute approximate surface area is 75.6 Å². The molecule has 0 unspecified atom stereocenters. The van der Waals surface area contributed by atoms with Gasteiger partial charge in [-0.1, -0.05) is 23.4 Å². The molecule has 0 N–H and O–H groups in total. The summed E-state index contributed by atoms with van der Waals surface area (Å²) >= 11 is 0. The van der Waals surface area contributed by atoms with Gasteiger partial charge in [-0.2, -0.15) is 5.26 Å². The standard InChI is InChI=1S/C10H6N2O/c11-6-8-5-9-3-1-2-4-10(9)13-12-7-8/h1-5,7H. The third-order valence-electron chi connectivity index (χ3n) is 1.70. The van der Waals surface area contributed by atoms with Crippen LogP contribution in [0.4, 0.5) is 0 Å². The molecule has 3 nitrogen and oxygen atoms in total. The van der Waals surface area contributed by atoms with Crippen molar-refractivity contribution in [2.24, 2.45) is 5.16 Å². The fraction of sp³-hybridized carbons (Fsp3) is 0. The SMILES string of the molecule is N#CC1=Cc2ccccc2ON=C1. The minimum absolute atomic E-state index is 0.491. The summed E-state index contributed by atoms with van der Waals surface area (Å²) in [5.41, 5.74) is 1.36. The van der Waals surface area contributed by atoms with Gasteiger partial charge in [0.2, 0.25) is 0 Å². The number of benzene rings is 1. The molecule has 1 aliphatic heterocycles. The third kappa shape index (κ3) is 1.42. The highest BCUT2D eigenvalue weighted by atomic mass is 16.6. The predicted octanol–water partition coefficient (Wildman–Crippen LogP) is 1.97. The highest BCUT2D eigenvalue weighted by Gasteiger charge is 2.04. The summed E-state index contributed by atoms with van der Waals surface area (Å²) in [5.74, 6) is 0.670. The van der Waals surface area contributed by atoms with Gasteiger partial charge < -0.3 is 4.84 Å². The number of para-hydroxylation sites is 1. The number of fused-ring (bicyclic) bond motifs is 1. The summed E-state index contributed by atoms with van der Waals surface area (Å²) in [4.78, 5) is 5.05. The molecule has 0 amide bonds. The van der Waals surface area contributed by atoms with E-state index in [0.717, 1.165) is 5.56 Å². The van der Waals surface area contributed by atoms with Crippen LogP contribution in [-0.2, 0) is 0 Å². The molecule has 1 aromatic rings. The Morgan fingerprint density at radius 1 is 1.31 bits per heavy atom. The number of rotatable bonds is 0. The van der Waals surface area contributed by atoms with Crippen molar-refractivity contribution in [2.45, 2.75) is 0 Å². The van der Waals surface area contributed by atoms with E-state index in [1.165, 1.54) is 6.21 Å². The lowest BCUT2D eigenvalue weighted by Gasteiger charge is -1.98. The molecule has 1 heterocycles. The summed E-state index contributed by atoms with van der Waals surface area (Å²) in [6.45, 7) is 0. The molecule has 3 heteroatoms. The molecular weight excluding hydrogens is 164 g/mol. The predicted molar refractivity (Wildman–Crippen MR) is 49.2 cm³/mol. The average molecular weight is 170 g/mol. The molecule has 0 saturated carbocycles. The topological polar surface area (TPSA) is 45.4 Å². The van der Waals surface area contributed by atoms with Crippen LogP contribution in [0.3, 0.4) is 0 Å². The molecule has 2 rings (SSSR count). The largest absolute Gasteiger partial charge is 0.356 e. The van der Waals surface area contributed by atoms with Crippen molar-refractivity contribution >= 4 is 12.3 Å². The molecule has 0 saturated heterocycles. The maximum Gasteiger partial charge on any atom is 0.165 e. The quantitative estimate of drug-likeness (QED) is 0.597. The van der Waals surface area contributed by atoms with Crippen LogP contribution < -0.4 is 4.84 Å². The Balaban J connectivity index is 2.55. The zero-order valence-corrected chi connectivity index (χ0v) is 6.77. The zero-order chi connectivity index (χ0) is 9.10. The van der Waals surface area contributed by atoms with Crippen LogP contribution >= 0.6 is 0 Å². The lowest BCUT2D eigenvalue weighted by Crippen LogP contribution is -1.83. The highest BCUT2D eigenvalue weighted by molar-refractivity contribution is 5.91. The fourth-order valence-corrected chi connectivity index (χ4v) is 1.09. The second kappa shape index (κ2) is 3.11. The molecule has 1 aromatic carbocycles. The van der Waals surface area contributed by atoms with Crippen LogP contribution in [0.25, 0.3) is 6.08 Å². The molecule has 13 heavy (non-hydrogen) atoms. The summed E-state index contributed by atoms with van der Waals surface area (Å²) in [6, 6.07) is 9.45. The molecule has 0 radical (unpaired) electrons. The van der Waals surface area contributed by atoms with Gasteiger partial charge in [-0.15, -0.1) is 0 Å². The minimum atomic E-state index is 0.491. The van der Waals surface area contributed by atoms with Crippen LogP contribution in [0, 0.1) is 11.3 Å². The van der Waals surface area contributed by atoms with Gasteiger partial charge in [0.25, 0.3) is 0 Å².